The Kier molecular flexibility index (Phi) is 3.26. The van der Waals surface area contributed by atoms with Gasteiger partial charge >= 0.3 is 5.97 Å². The Morgan fingerprint density at radius 1 is 1.64 bits per heavy atom. The van der Waals surface area contributed by atoms with Crippen LogP contribution in [0, 0.1) is 0 Å². The van der Waals surface area contributed by atoms with E-state index in [0.717, 1.165) is 5.57 Å². The summed E-state index contributed by atoms with van der Waals surface area (Å²) in [5.74, 6) is -0.963. The number of hydrogen-bond donors (Lipinski definition) is 2. The van der Waals surface area contributed by atoms with E-state index in [-0.39, 0.29) is 0 Å². The third-order valence-corrected chi connectivity index (χ3v) is 1.42. The van der Waals surface area contributed by atoms with E-state index >= 15 is 0 Å². The van der Waals surface area contributed by atoms with Crippen LogP contribution in [0.3, 0.4) is 0 Å². The standard InChI is InChI=1S/C8H15NO2/c1-6(2)4-5-8(3,9)7(10)11/h4H,5,9H2,1-3H3,(H,10,11). The van der Waals surface area contributed by atoms with Crippen LogP contribution in [0.15, 0.2) is 11.6 Å². The first-order valence-electron chi connectivity index (χ1n) is 3.52. The molecule has 0 saturated heterocycles. The van der Waals surface area contributed by atoms with Gasteiger partial charge in [-0.3, -0.25) is 4.79 Å². The molecule has 0 fully saturated rings. The first-order chi connectivity index (χ1) is 4.86. The van der Waals surface area contributed by atoms with Crippen LogP contribution in [-0.2, 0) is 4.79 Å². The molecule has 11 heavy (non-hydrogen) atoms. The molecule has 0 radical (unpaired) electrons. The van der Waals surface area contributed by atoms with Crippen molar-refractivity contribution in [2.24, 2.45) is 5.73 Å². The zero-order valence-electron chi connectivity index (χ0n) is 7.22. The molecule has 0 aromatic heterocycles. The summed E-state index contributed by atoms with van der Waals surface area (Å²) < 4.78 is 0. The van der Waals surface area contributed by atoms with Gasteiger partial charge in [-0.2, -0.15) is 0 Å². The molecule has 0 spiro atoms. The highest BCUT2D eigenvalue weighted by Gasteiger charge is 2.25. The minimum absolute atomic E-state index is 0.380. The summed E-state index contributed by atoms with van der Waals surface area (Å²) in [7, 11) is 0. The Bertz CT molecular complexity index is 179. The fourth-order valence-corrected chi connectivity index (χ4v) is 0.503. The summed E-state index contributed by atoms with van der Waals surface area (Å²) in [5, 5.41) is 8.60. The average Bonchev–Trinajstić information content (AvgIpc) is 1.84. The molecule has 3 nitrogen and oxygen atoms in total. The van der Waals surface area contributed by atoms with Gasteiger partial charge in [-0.1, -0.05) is 11.6 Å². The van der Waals surface area contributed by atoms with Gasteiger partial charge in [-0.15, -0.1) is 0 Å². The number of allylic oxidation sites excluding steroid dienone is 1. The molecule has 0 bridgehead atoms. The number of aliphatic carboxylic acids is 1. The van der Waals surface area contributed by atoms with Gasteiger partial charge in [-0.25, -0.2) is 0 Å². The molecule has 0 aromatic rings. The molecule has 0 aliphatic heterocycles. The fraction of sp³-hybridized carbons (Fsp3) is 0.625. The van der Waals surface area contributed by atoms with Gasteiger partial charge in [0.2, 0.25) is 0 Å². The van der Waals surface area contributed by atoms with E-state index in [1.165, 1.54) is 6.92 Å². The number of carboxylic acids is 1. The van der Waals surface area contributed by atoms with Crippen LogP contribution in [0.25, 0.3) is 0 Å². The summed E-state index contributed by atoms with van der Waals surface area (Å²) >= 11 is 0. The first-order valence-corrected chi connectivity index (χ1v) is 3.52. The molecule has 0 heterocycles. The zero-order chi connectivity index (χ0) is 9.07. The highest BCUT2D eigenvalue weighted by Crippen LogP contribution is 2.08. The van der Waals surface area contributed by atoms with E-state index in [9.17, 15) is 4.79 Å². The molecule has 3 heteroatoms. The highest BCUT2D eigenvalue weighted by molar-refractivity contribution is 5.78. The van der Waals surface area contributed by atoms with Crippen LogP contribution in [0.1, 0.15) is 27.2 Å². The van der Waals surface area contributed by atoms with E-state index in [4.69, 9.17) is 10.8 Å². The summed E-state index contributed by atoms with van der Waals surface area (Å²) in [6.07, 6.45) is 2.21. The number of carbonyl (C=O) groups is 1. The molecule has 3 N–H and O–H groups in total. The molecule has 0 aliphatic carbocycles. The third-order valence-electron chi connectivity index (χ3n) is 1.42. The number of nitrogens with two attached hydrogens (primary N) is 1. The monoisotopic (exact) mass is 157 g/mol. The van der Waals surface area contributed by atoms with E-state index in [1.54, 1.807) is 0 Å². The van der Waals surface area contributed by atoms with Crippen molar-refractivity contribution < 1.29 is 9.90 Å². The van der Waals surface area contributed by atoms with Crippen LogP contribution >= 0.6 is 0 Å². The summed E-state index contributed by atoms with van der Waals surface area (Å²) in [5.41, 5.74) is 5.42. The molecule has 0 amide bonds. The molecular formula is C8H15NO2. The van der Waals surface area contributed by atoms with Gasteiger partial charge in [-0.05, 0) is 27.2 Å². The van der Waals surface area contributed by atoms with Gasteiger partial charge in [0.05, 0.1) is 0 Å². The maximum atomic E-state index is 10.5. The van der Waals surface area contributed by atoms with Crippen LogP contribution in [0.2, 0.25) is 0 Å². The predicted molar refractivity (Wildman–Crippen MR) is 44.3 cm³/mol. The van der Waals surface area contributed by atoms with Crippen molar-refractivity contribution >= 4 is 5.97 Å². The normalized spacial score (nSPS) is 15.3. The van der Waals surface area contributed by atoms with E-state index in [2.05, 4.69) is 0 Å². The van der Waals surface area contributed by atoms with E-state index in [1.807, 2.05) is 19.9 Å². The maximum Gasteiger partial charge on any atom is 0.323 e. The van der Waals surface area contributed by atoms with Crippen LogP contribution in [-0.4, -0.2) is 16.6 Å². The molecule has 1 atom stereocenters. The molecule has 64 valence electrons. The lowest BCUT2D eigenvalue weighted by Gasteiger charge is -2.16. The minimum atomic E-state index is -1.13. The Balaban J connectivity index is 4.14. The van der Waals surface area contributed by atoms with Gasteiger partial charge < -0.3 is 10.8 Å². The quantitative estimate of drug-likeness (QED) is 0.604. The van der Waals surface area contributed by atoms with Crippen molar-refractivity contribution in [3.05, 3.63) is 11.6 Å². The SMILES string of the molecule is CC(C)=CCC(C)(N)C(=O)O. The lowest BCUT2D eigenvalue weighted by atomic mass is 9.98. The molecular weight excluding hydrogens is 142 g/mol. The lowest BCUT2D eigenvalue weighted by molar-refractivity contribution is -0.142. The largest absolute Gasteiger partial charge is 0.480 e. The van der Waals surface area contributed by atoms with Gasteiger partial charge in [0, 0.05) is 0 Å². The van der Waals surface area contributed by atoms with Gasteiger partial charge in [0.1, 0.15) is 5.54 Å². The van der Waals surface area contributed by atoms with E-state index < -0.39 is 11.5 Å². The van der Waals surface area contributed by atoms with Crippen molar-refractivity contribution in [2.45, 2.75) is 32.7 Å². The average molecular weight is 157 g/mol. The second-order valence-corrected chi connectivity index (χ2v) is 3.21. The molecule has 0 rings (SSSR count). The van der Waals surface area contributed by atoms with Crippen LogP contribution in [0.4, 0.5) is 0 Å². The highest BCUT2D eigenvalue weighted by atomic mass is 16.4. The Labute approximate surface area is 66.9 Å². The molecule has 0 saturated carbocycles. The summed E-state index contributed by atoms with van der Waals surface area (Å²) in [6, 6.07) is 0. The zero-order valence-corrected chi connectivity index (χ0v) is 7.22. The number of rotatable bonds is 3. The van der Waals surface area contributed by atoms with Gasteiger partial charge in [0.15, 0.2) is 0 Å². The predicted octanol–water partition coefficient (Wildman–Crippen LogP) is 1.14. The van der Waals surface area contributed by atoms with Crippen molar-refractivity contribution in [1.29, 1.82) is 0 Å². The topological polar surface area (TPSA) is 63.3 Å². The fourth-order valence-electron chi connectivity index (χ4n) is 0.503. The molecule has 0 aliphatic rings. The Morgan fingerprint density at radius 2 is 2.09 bits per heavy atom. The third kappa shape index (κ3) is 3.78. The number of carboxylic acid groups (broad SMARTS) is 1. The van der Waals surface area contributed by atoms with Crippen LogP contribution < -0.4 is 5.73 Å². The number of hydrogen-bond acceptors (Lipinski definition) is 2. The smallest absolute Gasteiger partial charge is 0.323 e. The Morgan fingerprint density at radius 3 is 2.36 bits per heavy atom. The summed E-state index contributed by atoms with van der Waals surface area (Å²) in [4.78, 5) is 10.5. The van der Waals surface area contributed by atoms with Crippen LogP contribution in [0.5, 0.6) is 0 Å². The minimum Gasteiger partial charge on any atom is -0.480 e. The summed E-state index contributed by atoms with van der Waals surface area (Å²) in [6.45, 7) is 5.34. The van der Waals surface area contributed by atoms with Gasteiger partial charge in [0.25, 0.3) is 0 Å². The van der Waals surface area contributed by atoms with Crippen molar-refractivity contribution in [2.75, 3.05) is 0 Å². The van der Waals surface area contributed by atoms with Crippen molar-refractivity contribution in [3.8, 4) is 0 Å². The molecule has 1 unspecified atom stereocenters. The second kappa shape index (κ2) is 3.53. The van der Waals surface area contributed by atoms with Crippen molar-refractivity contribution in [3.63, 3.8) is 0 Å². The Hall–Kier alpha value is -0.830. The lowest BCUT2D eigenvalue weighted by Crippen LogP contribution is -2.44. The second-order valence-electron chi connectivity index (χ2n) is 3.21. The van der Waals surface area contributed by atoms with Crippen molar-refractivity contribution in [1.82, 2.24) is 0 Å². The maximum absolute atomic E-state index is 10.5. The first kappa shape index (κ1) is 10.2. The van der Waals surface area contributed by atoms with E-state index in [0.29, 0.717) is 6.42 Å². The molecule has 0 aromatic carbocycles.